The van der Waals surface area contributed by atoms with Gasteiger partial charge in [-0.05, 0) is 31.9 Å². The number of nitrogens with one attached hydrogen (secondary N) is 3. The molecule has 0 saturated carbocycles. The lowest BCUT2D eigenvalue weighted by molar-refractivity contribution is 0.0965. The number of pyridine rings is 1. The molecule has 0 aliphatic carbocycles. The minimum absolute atomic E-state index is 0.121. The van der Waals surface area contributed by atoms with Crippen LogP contribution in [0.4, 0.5) is 10.2 Å². The zero-order valence-corrected chi connectivity index (χ0v) is 13.4. The molecule has 126 valence electrons. The zero-order valence-electron chi connectivity index (χ0n) is 13.4. The van der Waals surface area contributed by atoms with Crippen LogP contribution in [0.5, 0.6) is 0 Å². The third-order valence-corrected chi connectivity index (χ3v) is 4.44. The lowest BCUT2D eigenvalue weighted by Crippen LogP contribution is -2.39. The lowest BCUT2D eigenvalue weighted by Gasteiger charge is -2.25. The second-order valence-electron chi connectivity index (χ2n) is 6.28. The van der Waals surface area contributed by atoms with Crippen LogP contribution in [0, 0.1) is 12.7 Å². The molecule has 3 N–H and O–H groups in total. The number of rotatable bonds is 3. The van der Waals surface area contributed by atoms with Gasteiger partial charge in [-0.1, -0.05) is 0 Å². The molecule has 8 heteroatoms. The van der Waals surface area contributed by atoms with E-state index in [0.717, 1.165) is 31.5 Å². The first-order chi connectivity index (χ1) is 11.6. The molecule has 7 nitrogen and oxygen atoms in total. The first kappa shape index (κ1) is 15.1. The summed E-state index contributed by atoms with van der Waals surface area (Å²) in [5.74, 6) is -0.227. The SMILES string of the molecule is Cc1cnn(-c2nc(NC3CCCNC3)c(F)c3c2C(=O)NC3)c1. The molecule has 2 aliphatic heterocycles. The Bertz CT molecular complexity index is 796. The van der Waals surface area contributed by atoms with Crippen molar-refractivity contribution in [1.82, 2.24) is 25.4 Å². The summed E-state index contributed by atoms with van der Waals surface area (Å²) in [7, 11) is 0. The third kappa shape index (κ3) is 2.52. The summed E-state index contributed by atoms with van der Waals surface area (Å²) in [5, 5.41) is 13.4. The number of amides is 1. The molecule has 0 spiro atoms. The predicted octanol–water partition coefficient (Wildman–Crippen LogP) is 1.12. The van der Waals surface area contributed by atoms with E-state index in [2.05, 4.69) is 26.0 Å². The van der Waals surface area contributed by atoms with Crippen molar-refractivity contribution in [1.29, 1.82) is 0 Å². The van der Waals surface area contributed by atoms with Crippen molar-refractivity contribution in [2.75, 3.05) is 18.4 Å². The number of piperidine rings is 1. The lowest BCUT2D eigenvalue weighted by atomic mass is 10.1. The average molecular weight is 330 g/mol. The second-order valence-corrected chi connectivity index (χ2v) is 6.28. The highest BCUT2D eigenvalue weighted by Gasteiger charge is 2.31. The number of anilines is 1. The van der Waals surface area contributed by atoms with Crippen LogP contribution >= 0.6 is 0 Å². The molecule has 0 radical (unpaired) electrons. The number of carbonyl (C=O) groups excluding carboxylic acids is 1. The number of aryl methyl sites for hydroxylation is 1. The molecule has 1 fully saturated rings. The van der Waals surface area contributed by atoms with E-state index in [1.165, 1.54) is 4.68 Å². The maximum Gasteiger partial charge on any atom is 0.255 e. The van der Waals surface area contributed by atoms with E-state index in [1.54, 1.807) is 12.4 Å². The standard InChI is InChI=1S/C16H19FN6O/c1-9-5-20-23(8-9)15-12-11(7-19-16(12)24)13(17)14(22-15)21-10-3-2-4-18-6-10/h5,8,10,18H,2-4,6-7H2,1H3,(H,19,24)(H,21,22). The van der Waals surface area contributed by atoms with Crippen molar-refractivity contribution >= 4 is 11.7 Å². The van der Waals surface area contributed by atoms with E-state index in [4.69, 9.17) is 0 Å². The quantitative estimate of drug-likeness (QED) is 0.785. The van der Waals surface area contributed by atoms with E-state index >= 15 is 0 Å². The van der Waals surface area contributed by atoms with Crippen molar-refractivity contribution < 1.29 is 9.18 Å². The summed E-state index contributed by atoms with van der Waals surface area (Å²) in [6.07, 6.45) is 5.45. The van der Waals surface area contributed by atoms with Crippen LogP contribution in [0.3, 0.4) is 0 Å². The van der Waals surface area contributed by atoms with Crippen LogP contribution in [-0.4, -0.2) is 39.8 Å². The summed E-state index contributed by atoms with van der Waals surface area (Å²) < 4.78 is 16.4. The van der Waals surface area contributed by atoms with Gasteiger partial charge in [0, 0.05) is 30.9 Å². The van der Waals surface area contributed by atoms with Gasteiger partial charge in [-0.2, -0.15) is 5.10 Å². The monoisotopic (exact) mass is 330 g/mol. The average Bonchev–Trinajstić information content (AvgIpc) is 3.18. The smallest absolute Gasteiger partial charge is 0.255 e. The summed E-state index contributed by atoms with van der Waals surface area (Å²) in [4.78, 5) is 16.5. The molecule has 4 rings (SSSR count). The Labute approximate surface area is 138 Å². The Morgan fingerprint density at radius 1 is 1.46 bits per heavy atom. The fraction of sp³-hybridized carbons (Fsp3) is 0.438. The Morgan fingerprint density at radius 2 is 2.33 bits per heavy atom. The third-order valence-electron chi connectivity index (χ3n) is 4.44. The predicted molar refractivity (Wildman–Crippen MR) is 86.7 cm³/mol. The molecule has 1 unspecified atom stereocenters. The topological polar surface area (TPSA) is 83.9 Å². The molecule has 2 aliphatic rings. The minimum Gasteiger partial charge on any atom is -0.364 e. The number of nitrogens with zero attached hydrogens (tertiary/aromatic N) is 3. The maximum absolute atomic E-state index is 14.8. The van der Waals surface area contributed by atoms with Crippen molar-refractivity contribution in [2.45, 2.75) is 32.4 Å². The van der Waals surface area contributed by atoms with E-state index in [9.17, 15) is 9.18 Å². The first-order valence-electron chi connectivity index (χ1n) is 8.13. The molecular formula is C16H19FN6O. The highest BCUT2D eigenvalue weighted by Crippen LogP contribution is 2.29. The highest BCUT2D eigenvalue weighted by molar-refractivity contribution is 6.01. The molecular weight excluding hydrogens is 311 g/mol. The number of hydrogen-bond acceptors (Lipinski definition) is 5. The number of aromatic nitrogens is 3. The molecule has 24 heavy (non-hydrogen) atoms. The number of hydrogen-bond donors (Lipinski definition) is 3. The highest BCUT2D eigenvalue weighted by atomic mass is 19.1. The summed E-state index contributed by atoms with van der Waals surface area (Å²) >= 11 is 0. The van der Waals surface area contributed by atoms with Crippen molar-refractivity contribution in [3.05, 3.63) is 34.9 Å². The molecule has 2 aromatic rings. The van der Waals surface area contributed by atoms with Gasteiger partial charge in [0.15, 0.2) is 17.5 Å². The first-order valence-corrected chi connectivity index (χ1v) is 8.13. The molecule has 0 bridgehead atoms. The Morgan fingerprint density at radius 3 is 3.04 bits per heavy atom. The molecule has 2 aromatic heterocycles. The molecule has 1 amide bonds. The van der Waals surface area contributed by atoms with Gasteiger partial charge in [-0.3, -0.25) is 4.79 Å². The van der Waals surface area contributed by atoms with Crippen LogP contribution in [0.2, 0.25) is 0 Å². The van der Waals surface area contributed by atoms with Crippen LogP contribution in [-0.2, 0) is 6.54 Å². The van der Waals surface area contributed by atoms with Gasteiger partial charge in [-0.15, -0.1) is 0 Å². The van der Waals surface area contributed by atoms with Gasteiger partial charge in [0.1, 0.15) is 0 Å². The van der Waals surface area contributed by atoms with E-state index < -0.39 is 5.82 Å². The normalized spacial score (nSPS) is 19.9. The van der Waals surface area contributed by atoms with Crippen LogP contribution in [0.1, 0.15) is 34.3 Å². The largest absolute Gasteiger partial charge is 0.364 e. The number of halogens is 1. The van der Waals surface area contributed by atoms with E-state index in [0.29, 0.717) is 11.4 Å². The van der Waals surface area contributed by atoms with Gasteiger partial charge in [0.2, 0.25) is 0 Å². The number of carbonyl (C=O) groups is 1. The zero-order chi connectivity index (χ0) is 16.7. The van der Waals surface area contributed by atoms with Gasteiger partial charge < -0.3 is 16.0 Å². The summed E-state index contributed by atoms with van der Waals surface area (Å²) in [6, 6.07) is 0.121. The second kappa shape index (κ2) is 5.86. The van der Waals surface area contributed by atoms with Crippen LogP contribution < -0.4 is 16.0 Å². The number of fused-ring (bicyclic) bond motifs is 1. The fourth-order valence-corrected chi connectivity index (χ4v) is 3.22. The van der Waals surface area contributed by atoms with Crippen LogP contribution in [0.25, 0.3) is 5.82 Å². The van der Waals surface area contributed by atoms with Crippen LogP contribution in [0.15, 0.2) is 12.4 Å². The van der Waals surface area contributed by atoms with Crippen molar-refractivity contribution in [2.24, 2.45) is 0 Å². The summed E-state index contributed by atoms with van der Waals surface area (Å²) in [6.45, 7) is 3.83. The fourth-order valence-electron chi connectivity index (χ4n) is 3.22. The van der Waals surface area contributed by atoms with Gasteiger partial charge in [0.25, 0.3) is 5.91 Å². The molecule has 4 heterocycles. The minimum atomic E-state index is -0.457. The maximum atomic E-state index is 14.8. The van der Waals surface area contributed by atoms with Gasteiger partial charge in [-0.25, -0.2) is 14.1 Å². The van der Waals surface area contributed by atoms with Crippen molar-refractivity contribution in [3.63, 3.8) is 0 Å². The Kier molecular flexibility index (Phi) is 3.68. The van der Waals surface area contributed by atoms with Gasteiger partial charge >= 0.3 is 0 Å². The Hall–Kier alpha value is -2.48. The molecule has 0 aromatic carbocycles. The van der Waals surface area contributed by atoms with E-state index in [1.807, 2.05) is 6.92 Å². The summed E-state index contributed by atoms with van der Waals surface area (Å²) in [5.41, 5.74) is 1.56. The van der Waals surface area contributed by atoms with E-state index in [-0.39, 0.29) is 29.9 Å². The Balaban J connectivity index is 1.79. The molecule has 1 atom stereocenters. The van der Waals surface area contributed by atoms with Crippen molar-refractivity contribution in [3.8, 4) is 5.82 Å². The molecule has 1 saturated heterocycles. The van der Waals surface area contributed by atoms with Gasteiger partial charge in [0.05, 0.1) is 11.8 Å².